The van der Waals surface area contributed by atoms with E-state index in [-0.39, 0.29) is 5.92 Å². The second kappa shape index (κ2) is 8.65. The van der Waals surface area contributed by atoms with Gasteiger partial charge in [-0.25, -0.2) is 9.59 Å². The summed E-state index contributed by atoms with van der Waals surface area (Å²) in [4.78, 5) is 24.3. The van der Waals surface area contributed by atoms with E-state index in [1.807, 2.05) is 44.5 Å². The fourth-order valence-corrected chi connectivity index (χ4v) is 2.75. The van der Waals surface area contributed by atoms with Gasteiger partial charge in [-0.1, -0.05) is 26.0 Å². The van der Waals surface area contributed by atoms with Crippen molar-refractivity contribution < 1.29 is 19.1 Å². The molecule has 1 atom stereocenters. The van der Waals surface area contributed by atoms with Crippen LogP contribution in [0.4, 0.5) is 0 Å². The smallest absolute Gasteiger partial charge is 0.347 e. The van der Waals surface area contributed by atoms with Gasteiger partial charge in [0.15, 0.2) is 6.10 Å². The molecule has 140 valence electrons. The second-order valence-electron chi connectivity index (χ2n) is 6.83. The highest BCUT2D eigenvalue weighted by Crippen LogP contribution is 2.15. The van der Waals surface area contributed by atoms with Gasteiger partial charge in [0.25, 0.3) is 0 Å². The van der Waals surface area contributed by atoms with Crippen molar-refractivity contribution in [1.82, 2.24) is 9.78 Å². The zero-order valence-corrected chi connectivity index (χ0v) is 16.0. The van der Waals surface area contributed by atoms with Crippen molar-refractivity contribution in [3.63, 3.8) is 0 Å². The van der Waals surface area contributed by atoms with E-state index in [0.29, 0.717) is 18.5 Å². The minimum absolute atomic E-state index is 0.198. The molecule has 26 heavy (non-hydrogen) atoms. The fraction of sp³-hybridized carbons (Fsp3) is 0.450. The number of nitrogens with zero attached hydrogens (tertiary/aromatic N) is 2. The summed E-state index contributed by atoms with van der Waals surface area (Å²) >= 11 is 0. The molecule has 0 saturated heterocycles. The first kappa shape index (κ1) is 19.7. The second-order valence-corrected chi connectivity index (χ2v) is 6.83. The van der Waals surface area contributed by atoms with Gasteiger partial charge >= 0.3 is 11.9 Å². The van der Waals surface area contributed by atoms with E-state index in [1.165, 1.54) is 7.11 Å². The van der Waals surface area contributed by atoms with Crippen LogP contribution in [0.15, 0.2) is 30.3 Å². The van der Waals surface area contributed by atoms with Crippen molar-refractivity contribution in [2.75, 3.05) is 7.11 Å². The molecule has 1 aromatic carbocycles. The Kier molecular flexibility index (Phi) is 6.55. The third-order valence-corrected chi connectivity index (χ3v) is 4.00. The lowest BCUT2D eigenvalue weighted by atomic mass is 10.1. The summed E-state index contributed by atoms with van der Waals surface area (Å²) < 4.78 is 12.0. The van der Waals surface area contributed by atoms with Gasteiger partial charge in [0, 0.05) is 5.69 Å². The summed E-state index contributed by atoms with van der Waals surface area (Å²) in [6.45, 7) is 8.41. The van der Waals surface area contributed by atoms with Crippen LogP contribution in [0, 0.1) is 19.8 Å². The summed E-state index contributed by atoms with van der Waals surface area (Å²) in [7, 11) is 1.29. The molecule has 0 aliphatic carbocycles. The molecule has 0 bridgehead atoms. The van der Waals surface area contributed by atoms with Crippen molar-refractivity contribution in [2.45, 2.75) is 46.8 Å². The SMILES string of the molecule is COC(=O)C(CC(C)C)OC(=O)c1cccc(Cn2nc(C)cc2C)c1. The van der Waals surface area contributed by atoms with Crippen molar-refractivity contribution in [3.05, 3.63) is 52.8 Å². The molecule has 0 aliphatic heterocycles. The van der Waals surface area contributed by atoms with Crippen LogP contribution in [0.2, 0.25) is 0 Å². The van der Waals surface area contributed by atoms with Gasteiger partial charge in [-0.05, 0) is 49.9 Å². The maximum absolute atomic E-state index is 12.5. The number of hydrogen-bond donors (Lipinski definition) is 0. The molecule has 0 amide bonds. The standard InChI is InChI=1S/C20H26N2O4/c1-13(2)9-18(20(24)25-5)26-19(23)17-8-6-7-16(11-17)12-22-15(4)10-14(3)21-22/h6-8,10-11,13,18H,9,12H2,1-5H3. The molecular weight excluding hydrogens is 332 g/mol. The van der Waals surface area contributed by atoms with Gasteiger partial charge in [0.05, 0.1) is 24.9 Å². The summed E-state index contributed by atoms with van der Waals surface area (Å²) in [5, 5.41) is 4.43. The van der Waals surface area contributed by atoms with E-state index in [1.54, 1.807) is 18.2 Å². The fourth-order valence-electron chi connectivity index (χ4n) is 2.75. The number of aromatic nitrogens is 2. The quantitative estimate of drug-likeness (QED) is 0.710. The molecule has 0 aliphatic rings. The normalized spacial score (nSPS) is 12.1. The molecule has 0 fully saturated rings. The number of hydrogen-bond acceptors (Lipinski definition) is 5. The molecule has 1 aromatic heterocycles. The predicted octanol–water partition coefficient (Wildman–Crippen LogP) is 3.29. The van der Waals surface area contributed by atoms with Crippen LogP contribution in [-0.2, 0) is 20.8 Å². The van der Waals surface area contributed by atoms with Crippen LogP contribution in [0.25, 0.3) is 0 Å². The van der Waals surface area contributed by atoms with Gasteiger partial charge in [0.2, 0.25) is 0 Å². The van der Waals surface area contributed by atoms with Crippen LogP contribution in [0.3, 0.4) is 0 Å². The first-order valence-corrected chi connectivity index (χ1v) is 8.69. The minimum atomic E-state index is -0.896. The largest absolute Gasteiger partial charge is 0.466 e. The number of rotatable bonds is 7. The van der Waals surface area contributed by atoms with Crippen LogP contribution in [-0.4, -0.2) is 34.9 Å². The van der Waals surface area contributed by atoms with E-state index in [2.05, 4.69) is 5.10 Å². The highest BCUT2D eigenvalue weighted by Gasteiger charge is 2.25. The van der Waals surface area contributed by atoms with Crippen molar-refractivity contribution in [2.24, 2.45) is 5.92 Å². The lowest BCUT2D eigenvalue weighted by Crippen LogP contribution is -2.30. The molecule has 6 nitrogen and oxygen atoms in total. The van der Waals surface area contributed by atoms with E-state index >= 15 is 0 Å². The predicted molar refractivity (Wildman–Crippen MR) is 97.9 cm³/mol. The third kappa shape index (κ3) is 5.18. The number of carbonyl (C=O) groups is 2. The summed E-state index contributed by atoms with van der Waals surface area (Å²) in [6, 6.07) is 9.18. The van der Waals surface area contributed by atoms with Crippen molar-refractivity contribution in [1.29, 1.82) is 0 Å². The Bertz CT molecular complexity index is 780. The Labute approximate surface area is 154 Å². The zero-order valence-electron chi connectivity index (χ0n) is 16.0. The average molecular weight is 358 g/mol. The molecule has 1 unspecified atom stereocenters. The highest BCUT2D eigenvalue weighted by molar-refractivity contribution is 5.91. The molecule has 0 spiro atoms. The Morgan fingerprint density at radius 3 is 2.50 bits per heavy atom. The van der Waals surface area contributed by atoms with Crippen LogP contribution < -0.4 is 0 Å². The van der Waals surface area contributed by atoms with E-state index in [9.17, 15) is 9.59 Å². The number of carbonyl (C=O) groups excluding carboxylic acids is 2. The topological polar surface area (TPSA) is 70.4 Å². The lowest BCUT2D eigenvalue weighted by molar-refractivity contribution is -0.151. The Morgan fingerprint density at radius 1 is 1.19 bits per heavy atom. The molecule has 0 saturated carbocycles. The number of methoxy groups -OCH3 is 1. The maximum atomic E-state index is 12.5. The number of benzene rings is 1. The van der Waals surface area contributed by atoms with E-state index in [0.717, 1.165) is 17.0 Å². The number of esters is 2. The summed E-state index contributed by atoms with van der Waals surface area (Å²) in [6.07, 6.45) is -0.476. The molecule has 0 N–H and O–H groups in total. The van der Waals surface area contributed by atoms with Gasteiger partial charge < -0.3 is 9.47 Å². The highest BCUT2D eigenvalue weighted by atomic mass is 16.6. The van der Waals surface area contributed by atoms with Crippen molar-refractivity contribution >= 4 is 11.9 Å². The first-order valence-electron chi connectivity index (χ1n) is 8.69. The number of aryl methyl sites for hydroxylation is 2. The zero-order chi connectivity index (χ0) is 19.3. The Hall–Kier alpha value is -2.63. The number of ether oxygens (including phenoxy) is 2. The minimum Gasteiger partial charge on any atom is -0.466 e. The molecule has 2 aromatic rings. The summed E-state index contributed by atoms with van der Waals surface area (Å²) in [5.41, 5.74) is 3.34. The lowest BCUT2D eigenvalue weighted by Gasteiger charge is -2.17. The average Bonchev–Trinajstić information content (AvgIpc) is 2.90. The molecule has 2 rings (SSSR count). The van der Waals surface area contributed by atoms with Gasteiger partial charge in [-0.15, -0.1) is 0 Å². The Morgan fingerprint density at radius 2 is 1.92 bits per heavy atom. The molecule has 6 heteroatoms. The van der Waals surface area contributed by atoms with Crippen LogP contribution in [0.5, 0.6) is 0 Å². The first-order chi connectivity index (χ1) is 12.3. The van der Waals surface area contributed by atoms with Crippen LogP contribution >= 0.6 is 0 Å². The van der Waals surface area contributed by atoms with Crippen LogP contribution in [0.1, 0.15) is 47.6 Å². The van der Waals surface area contributed by atoms with Crippen molar-refractivity contribution in [3.8, 4) is 0 Å². The Balaban J connectivity index is 2.13. The monoisotopic (exact) mass is 358 g/mol. The van der Waals surface area contributed by atoms with Gasteiger partial charge in [-0.2, -0.15) is 5.10 Å². The molecule has 0 radical (unpaired) electrons. The molecular formula is C20H26N2O4. The van der Waals surface area contributed by atoms with E-state index in [4.69, 9.17) is 9.47 Å². The maximum Gasteiger partial charge on any atom is 0.347 e. The molecule has 1 heterocycles. The third-order valence-electron chi connectivity index (χ3n) is 4.00. The van der Waals surface area contributed by atoms with Gasteiger partial charge in [-0.3, -0.25) is 4.68 Å². The van der Waals surface area contributed by atoms with E-state index < -0.39 is 18.0 Å². The summed E-state index contributed by atoms with van der Waals surface area (Å²) in [5.74, 6) is -0.869. The van der Waals surface area contributed by atoms with Gasteiger partial charge in [0.1, 0.15) is 0 Å².